The molecule has 0 spiro atoms. The molecule has 0 aliphatic carbocycles. The van der Waals surface area contributed by atoms with Crippen molar-refractivity contribution in [1.82, 2.24) is 19.7 Å². The van der Waals surface area contributed by atoms with E-state index in [2.05, 4.69) is 42.6 Å². The highest BCUT2D eigenvalue weighted by atomic mass is 32.2. The molecule has 0 radical (unpaired) electrons. The summed E-state index contributed by atoms with van der Waals surface area (Å²) in [6.45, 7) is 2.88. The molecule has 0 fully saturated rings. The van der Waals surface area contributed by atoms with Crippen LogP contribution in [0.1, 0.15) is 21.1 Å². The van der Waals surface area contributed by atoms with Gasteiger partial charge in [-0.25, -0.2) is 4.98 Å². The Bertz CT molecular complexity index is 1090. The van der Waals surface area contributed by atoms with E-state index in [1.165, 1.54) is 16.2 Å². The van der Waals surface area contributed by atoms with Gasteiger partial charge >= 0.3 is 0 Å². The number of amides is 1. The van der Waals surface area contributed by atoms with E-state index in [1.54, 1.807) is 29.4 Å². The molecule has 4 aromatic rings. The van der Waals surface area contributed by atoms with Crippen LogP contribution in [0.25, 0.3) is 0 Å². The molecule has 0 bridgehead atoms. The number of anilines is 1. The number of thioether (sulfide) groups is 1. The summed E-state index contributed by atoms with van der Waals surface area (Å²) in [6, 6.07) is 12.0. The van der Waals surface area contributed by atoms with Gasteiger partial charge < -0.3 is 9.88 Å². The van der Waals surface area contributed by atoms with E-state index >= 15 is 0 Å². The number of aryl methyl sites for hydroxylation is 3. The van der Waals surface area contributed by atoms with Gasteiger partial charge in [0.05, 0.1) is 12.1 Å². The lowest BCUT2D eigenvalue weighted by Crippen LogP contribution is -2.14. The highest BCUT2D eigenvalue weighted by Crippen LogP contribution is 2.23. The molecule has 1 amide bonds. The molecule has 154 valence electrons. The summed E-state index contributed by atoms with van der Waals surface area (Å²) in [7, 11) is 0. The number of benzene rings is 1. The molecule has 1 aromatic carbocycles. The maximum Gasteiger partial charge on any atom is 0.231 e. The van der Waals surface area contributed by atoms with Crippen LogP contribution in [0.3, 0.4) is 0 Å². The molecule has 9 heteroatoms. The topological polar surface area (TPSA) is 72.7 Å². The second-order valence-electron chi connectivity index (χ2n) is 6.75. The van der Waals surface area contributed by atoms with E-state index in [0.29, 0.717) is 5.75 Å². The quantitative estimate of drug-likeness (QED) is 0.366. The number of rotatable bonds is 9. The van der Waals surface area contributed by atoms with Gasteiger partial charge in [-0.2, -0.15) is 0 Å². The predicted molar refractivity (Wildman–Crippen MR) is 123 cm³/mol. The van der Waals surface area contributed by atoms with E-state index in [-0.39, 0.29) is 12.3 Å². The van der Waals surface area contributed by atoms with Gasteiger partial charge in [0.15, 0.2) is 5.16 Å². The minimum absolute atomic E-state index is 0.0549. The van der Waals surface area contributed by atoms with Crippen molar-refractivity contribution >= 4 is 46.0 Å². The van der Waals surface area contributed by atoms with Crippen LogP contribution in [0.5, 0.6) is 0 Å². The normalized spacial score (nSPS) is 11.0. The number of thiophene rings is 1. The molecule has 0 saturated carbocycles. The number of hydrogen-bond acceptors (Lipinski definition) is 7. The summed E-state index contributed by atoms with van der Waals surface area (Å²) in [5.41, 5.74) is 2.92. The maximum atomic E-state index is 12.3. The second kappa shape index (κ2) is 10.0. The predicted octanol–water partition coefficient (Wildman–Crippen LogP) is 4.82. The highest BCUT2D eigenvalue weighted by Gasteiger charge is 2.11. The third-order valence-corrected chi connectivity index (χ3v) is 7.20. The van der Waals surface area contributed by atoms with Crippen molar-refractivity contribution in [3.63, 3.8) is 0 Å². The van der Waals surface area contributed by atoms with Gasteiger partial charge in [-0.1, -0.05) is 35.5 Å². The largest absolute Gasteiger partial charge is 0.326 e. The van der Waals surface area contributed by atoms with Gasteiger partial charge in [0.2, 0.25) is 5.91 Å². The third-order valence-electron chi connectivity index (χ3n) is 4.35. The molecule has 0 atom stereocenters. The molecule has 0 saturated heterocycles. The van der Waals surface area contributed by atoms with Crippen LogP contribution in [0.2, 0.25) is 0 Å². The standard InChI is InChI=1S/C21H21N5OS3/c1-15-4-6-16(7-5-15)23-19(27)11-20-24-17(12-29-20)13-30-21-25-22-14-26(21)9-8-18-3-2-10-28-18/h2-7,10,12,14H,8-9,11,13H2,1H3,(H,23,27). The van der Waals surface area contributed by atoms with Gasteiger partial charge in [0, 0.05) is 28.2 Å². The fourth-order valence-electron chi connectivity index (χ4n) is 2.81. The van der Waals surface area contributed by atoms with Crippen LogP contribution in [-0.2, 0) is 29.9 Å². The molecular formula is C21H21N5OS3. The fourth-order valence-corrected chi connectivity index (χ4v) is 5.24. The molecular weight excluding hydrogens is 434 g/mol. The summed E-state index contributed by atoms with van der Waals surface area (Å²) in [6.07, 6.45) is 3.03. The Morgan fingerprint density at radius 1 is 1.20 bits per heavy atom. The molecule has 3 heterocycles. The van der Waals surface area contributed by atoms with Crippen molar-refractivity contribution in [1.29, 1.82) is 0 Å². The van der Waals surface area contributed by atoms with Crippen LogP contribution in [0.15, 0.2) is 58.6 Å². The zero-order valence-corrected chi connectivity index (χ0v) is 18.9. The summed E-state index contributed by atoms with van der Waals surface area (Å²) < 4.78 is 2.08. The zero-order chi connectivity index (χ0) is 20.8. The van der Waals surface area contributed by atoms with Gasteiger partial charge in [0.1, 0.15) is 11.3 Å². The average molecular weight is 456 g/mol. The number of thiazole rings is 1. The van der Waals surface area contributed by atoms with Crippen LogP contribution in [0.4, 0.5) is 5.69 Å². The first kappa shape index (κ1) is 20.8. The van der Waals surface area contributed by atoms with Crippen LogP contribution < -0.4 is 5.32 Å². The Morgan fingerprint density at radius 3 is 2.87 bits per heavy atom. The summed E-state index contributed by atoms with van der Waals surface area (Å²) in [5, 5.41) is 17.0. The molecule has 0 unspecified atom stereocenters. The Kier molecular flexibility index (Phi) is 6.93. The first-order chi connectivity index (χ1) is 14.7. The van der Waals surface area contributed by atoms with E-state index in [4.69, 9.17) is 0 Å². The third kappa shape index (κ3) is 5.78. The molecule has 0 aliphatic rings. The minimum atomic E-state index is -0.0549. The van der Waals surface area contributed by atoms with Crippen molar-refractivity contribution in [2.24, 2.45) is 0 Å². The Morgan fingerprint density at radius 2 is 2.07 bits per heavy atom. The average Bonchev–Trinajstić information content (AvgIpc) is 3.49. The molecule has 4 rings (SSSR count). The van der Waals surface area contributed by atoms with Gasteiger partial charge in [-0.05, 0) is 36.9 Å². The Balaban J connectivity index is 1.27. The number of carbonyl (C=O) groups is 1. The Hall–Kier alpha value is -2.49. The van der Waals surface area contributed by atoms with Crippen molar-refractivity contribution in [3.05, 3.63) is 74.6 Å². The summed E-state index contributed by atoms with van der Waals surface area (Å²) in [4.78, 5) is 18.2. The zero-order valence-electron chi connectivity index (χ0n) is 16.4. The van der Waals surface area contributed by atoms with Crippen LogP contribution in [-0.4, -0.2) is 25.7 Å². The molecule has 1 N–H and O–H groups in total. The highest BCUT2D eigenvalue weighted by molar-refractivity contribution is 7.98. The lowest BCUT2D eigenvalue weighted by molar-refractivity contribution is -0.115. The van der Waals surface area contributed by atoms with Crippen LogP contribution in [0, 0.1) is 6.92 Å². The van der Waals surface area contributed by atoms with Crippen LogP contribution >= 0.6 is 34.4 Å². The summed E-state index contributed by atoms with van der Waals surface area (Å²) in [5.74, 6) is 0.647. The van der Waals surface area contributed by atoms with Gasteiger partial charge in [-0.3, -0.25) is 4.79 Å². The molecule has 6 nitrogen and oxygen atoms in total. The monoisotopic (exact) mass is 455 g/mol. The first-order valence-corrected chi connectivity index (χ1v) is 12.2. The first-order valence-electron chi connectivity index (χ1n) is 9.48. The van der Waals surface area contributed by atoms with Gasteiger partial charge in [-0.15, -0.1) is 32.9 Å². The van der Waals surface area contributed by atoms with E-state index in [9.17, 15) is 4.79 Å². The maximum absolute atomic E-state index is 12.3. The van der Waals surface area contributed by atoms with Crippen molar-refractivity contribution in [2.45, 2.75) is 37.2 Å². The number of nitrogens with one attached hydrogen (secondary N) is 1. The second-order valence-corrected chi connectivity index (χ2v) is 9.67. The van der Waals surface area contributed by atoms with Crippen molar-refractivity contribution in [3.8, 4) is 0 Å². The lowest BCUT2D eigenvalue weighted by Gasteiger charge is -2.05. The van der Waals surface area contributed by atoms with Gasteiger partial charge in [0.25, 0.3) is 0 Å². The van der Waals surface area contributed by atoms with E-state index in [0.717, 1.165) is 40.1 Å². The van der Waals surface area contributed by atoms with Crippen molar-refractivity contribution in [2.75, 3.05) is 5.32 Å². The minimum Gasteiger partial charge on any atom is -0.326 e. The van der Waals surface area contributed by atoms with Crippen molar-refractivity contribution < 1.29 is 4.79 Å². The number of carbonyl (C=O) groups excluding carboxylic acids is 1. The fraction of sp³-hybridized carbons (Fsp3) is 0.238. The lowest BCUT2D eigenvalue weighted by atomic mass is 10.2. The molecule has 3 aromatic heterocycles. The smallest absolute Gasteiger partial charge is 0.231 e. The van der Waals surface area contributed by atoms with E-state index < -0.39 is 0 Å². The molecule has 30 heavy (non-hydrogen) atoms. The van der Waals surface area contributed by atoms with E-state index in [1.807, 2.05) is 36.6 Å². The number of nitrogens with zero attached hydrogens (tertiary/aromatic N) is 4. The Labute approximate surface area is 187 Å². The summed E-state index contributed by atoms with van der Waals surface area (Å²) >= 11 is 4.90. The SMILES string of the molecule is Cc1ccc(NC(=O)Cc2nc(CSc3nncn3CCc3cccs3)cs2)cc1. The number of aromatic nitrogens is 4. The number of hydrogen-bond donors (Lipinski definition) is 1. The molecule has 0 aliphatic heterocycles.